The molecule has 1 unspecified atom stereocenters. The summed E-state index contributed by atoms with van der Waals surface area (Å²) in [6, 6.07) is 6.53. The first-order chi connectivity index (χ1) is 7.65. The fourth-order valence-electron chi connectivity index (χ4n) is 1.38. The highest BCUT2D eigenvalue weighted by atomic mass is 32.1. The molecule has 0 amide bonds. The van der Waals surface area contributed by atoms with Gasteiger partial charge in [0.2, 0.25) is 5.13 Å². The minimum atomic E-state index is -0.220. The van der Waals surface area contributed by atoms with Gasteiger partial charge in [-0.15, -0.1) is 0 Å². The molecular formula is C11H12FN3S. The minimum Gasteiger partial charge on any atom is -0.354 e. The molecule has 5 heteroatoms. The summed E-state index contributed by atoms with van der Waals surface area (Å²) in [5, 5.41) is 4.01. The Bertz CT molecular complexity index is 466. The Hall–Kier alpha value is -1.49. The standard InChI is InChI=1S/C11H12FN3S/c1-7(9-3-5-10(12)6-4-9)13-11-14-8(2)15-16-11/h3-7H,1-2H3,(H,13,14,15). The van der Waals surface area contributed by atoms with E-state index in [0.29, 0.717) is 0 Å². The zero-order valence-electron chi connectivity index (χ0n) is 9.07. The molecule has 3 nitrogen and oxygen atoms in total. The van der Waals surface area contributed by atoms with Crippen molar-refractivity contribution >= 4 is 16.7 Å². The van der Waals surface area contributed by atoms with Gasteiger partial charge in [0.25, 0.3) is 0 Å². The highest BCUT2D eigenvalue weighted by molar-refractivity contribution is 7.09. The molecule has 0 aliphatic heterocycles. The summed E-state index contributed by atoms with van der Waals surface area (Å²) in [6.45, 7) is 3.86. The van der Waals surface area contributed by atoms with Crippen LogP contribution in [0.3, 0.4) is 0 Å². The molecule has 1 N–H and O–H groups in total. The van der Waals surface area contributed by atoms with Crippen molar-refractivity contribution in [3.8, 4) is 0 Å². The molecule has 84 valence electrons. The molecule has 2 aromatic rings. The number of halogens is 1. The SMILES string of the molecule is Cc1nsc(NC(C)c2ccc(F)cc2)n1. The lowest BCUT2D eigenvalue weighted by Crippen LogP contribution is -2.06. The summed E-state index contributed by atoms with van der Waals surface area (Å²) >= 11 is 1.33. The molecule has 1 aromatic carbocycles. The van der Waals surface area contributed by atoms with Gasteiger partial charge >= 0.3 is 0 Å². The van der Waals surface area contributed by atoms with Gasteiger partial charge < -0.3 is 5.32 Å². The highest BCUT2D eigenvalue weighted by Gasteiger charge is 2.07. The second-order valence-corrected chi connectivity index (χ2v) is 4.32. The van der Waals surface area contributed by atoms with Gasteiger partial charge in [0.1, 0.15) is 11.6 Å². The molecule has 0 fully saturated rings. The van der Waals surface area contributed by atoms with E-state index in [4.69, 9.17) is 0 Å². The average Bonchev–Trinajstić information content (AvgIpc) is 2.65. The van der Waals surface area contributed by atoms with Crippen LogP contribution >= 0.6 is 11.5 Å². The van der Waals surface area contributed by atoms with Gasteiger partial charge in [-0.3, -0.25) is 0 Å². The van der Waals surface area contributed by atoms with E-state index in [9.17, 15) is 4.39 Å². The molecule has 1 heterocycles. The molecule has 0 aliphatic carbocycles. The third-order valence-electron chi connectivity index (χ3n) is 2.24. The lowest BCUT2D eigenvalue weighted by Gasteiger charge is -2.12. The Balaban J connectivity index is 2.08. The van der Waals surface area contributed by atoms with Crippen LogP contribution in [0.2, 0.25) is 0 Å². The number of rotatable bonds is 3. The van der Waals surface area contributed by atoms with Gasteiger partial charge in [0.05, 0.1) is 6.04 Å². The van der Waals surface area contributed by atoms with Crippen LogP contribution in [-0.2, 0) is 0 Å². The Kier molecular flexibility index (Phi) is 3.14. The monoisotopic (exact) mass is 237 g/mol. The fraction of sp³-hybridized carbons (Fsp3) is 0.273. The van der Waals surface area contributed by atoms with Crippen LogP contribution in [0.1, 0.15) is 24.4 Å². The van der Waals surface area contributed by atoms with E-state index in [-0.39, 0.29) is 11.9 Å². The lowest BCUT2D eigenvalue weighted by atomic mass is 10.1. The van der Waals surface area contributed by atoms with Crippen molar-refractivity contribution in [3.05, 3.63) is 41.5 Å². The number of aryl methyl sites for hydroxylation is 1. The molecule has 0 spiro atoms. The van der Waals surface area contributed by atoms with Crippen molar-refractivity contribution in [2.75, 3.05) is 5.32 Å². The smallest absolute Gasteiger partial charge is 0.203 e. The van der Waals surface area contributed by atoms with Gasteiger partial charge in [0.15, 0.2) is 0 Å². The van der Waals surface area contributed by atoms with Crippen molar-refractivity contribution in [2.45, 2.75) is 19.9 Å². The normalized spacial score (nSPS) is 12.4. The number of aromatic nitrogens is 2. The molecule has 1 aromatic heterocycles. The van der Waals surface area contributed by atoms with Gasteiger partial charge in [-0.25, -0.2) is 9.37 Å². The maximum Gasteiger partial charge on any atom is 0.203 e. The summed E-state index contributed by atoms with van der Waals surface area (Å²) in [5.41, 5.74) is 1.02. The Morgan fingerprint density at radius 2 is 2.00 bits per heavy atom. The van der Waals surface area contributed by atoms with Crippen LogP contribution in [0.25, 0.3) is 0 Å². The van der Waals surface area contributed by atoms with E-state index in [1.807, 2.05) is 13.8 Å². The first kappa shape index (κ1) is 11.0. The van der Waals surface area contributed by atoms with E-state index in [1.165, 1.54) is 23.7 Å². The van der Waals surface area contributed by atoms with Gasteiger partial charge in [-0.2, -0.15) is 4.37 Å². The quantitative estimate of drug-likeness (QED) is 0.891. The summed E-state index contributed by atoms with van der Waals surface area (Å²) in [7, 11) is 0. The zero-order valence-corrected chi connectivity index (χ0v) is 9.88. The second-order valence-electron chi connectivity index (χ2n) is 3.56. The molecule has 0 bridgehead atoms. The van der Waals surface area contributed by atoms with Crippen molar-refractivity contribution in [1.29, 1.82) is 0 Å². The van der Waals surface area contributed by atoms with Crippen molar-refractivity contribution in [1.82, 2.24) is 9.36 Å². The summed E-state index contributed by atoms with van der Waals surface area (Å²) in [4.78, 5) is 4.22. The number of hydrogen-bond donors (Lipinski definition) is 1. The van der Waals surface area contributed by atoms with E-state index in [2.05, 4.69) is 14.7 Å². The maximum absolute atomic E-state index is 12.7. The summed E-state index contributed by atoms with van der Waals surface area (Å²) in [5.74, 6) is 0.543. The summed E-state index contributed by atoms with van der Waals surface area (Å²) < 4.78 is 16.8. The average molecular weight is 237 g/mol. The van der Waals surface area contributed by atoms with E-state index >= 15 is 0 Å². The van der Waals surface area contributed by atoms with E-state index in [0.717, 1.165) is 16.5 Å². The third kappa shape index (κ3) is 2.55. The number of nitrogens with zero attached hydrogens (tertiary/aromatic N) is 2. The van der Waals surface area contributed by atoms with Crippen molar-refractivity contribution in [2.24, 2.45) is 0 Å². The van der Waals surface area contributed by atoms with Gasteiger partial charge in [-0.05, 0) is 31.5 Å². The van der Waals surface area contributed by atoms with Crippen molar-refractivity contribution < 1.29 is 4.39 Å². The van der Waals surface area contributed by atoms with Crippen LogP contribution in [0, 0.1) is 12.7 Å². The molecule has 0 saturated heterocycles. The highest BCUT2D eigenvalue weighted by Crippen LogP contribution is 2.20. The molecule has 0 radical (unpaired) electrons. The molecule has 1 atom stereocenters. The number of nitrogens with one attached hydrogen (secondary N) is 1. The third-order valence-corrected chi connectivity index (χ3v) is 2.98. The Morgan fingerprint density at radius 3 is 2.56 bits per heavy atom. The van der Waals surface area contributed by atoms with E-state index in [1.54, 1.807) is 12.1 Å². The second kappa shape index (κ2) is 4.57. The van der Waals surface area contributed by atoms with Gasteiger partial charge in [-0.1, -0.05) is 12.1 Å². The molecule has 16 heavy (non-hydrogen) atoms. The van der Waals surface area contributed by atoms with Crippen LogP contribution in [0.5, 0.6) is 0 Å². The first-order valence-electron chi connectivity index (χ1n) is 4.97. The molecule has 0 aliphatic rings. The Morgan fingerprint density at radius 1 is 1.31 bits per heavy atom. The van der Waals surface area contributed by atoms with Crippen LogP contribution in [0.15, 0.2) is 24.3 Å². The van der Waals surface area contributed by atoms with Crippen molar-refractivity contribution in [3.63, 3.8) is 0 Å². The number of anilines is 1. The predicted octanol–water partition coefficient (Wildman–Crippen LogP) is 3.16. The van der Waals surface area contributed by atoms with Crippen LogP contribution < -0.4 is 5.32 Å². The summed E-state index contributed by atoms with van der Waals surface area (Å²) in [6.07, 6.45) is 0. The van der Waals surface area contributed by atoms with E-state index < -0.39 is 0 Å². The van der Waals surface area contributed by atoms with Gasteiger partial charge in [0, 0.05) is 11.5 Å². The zero-order chi connectivity index (χ0) is 11.5. The predicted molar refractivity (Wildman–Crippen MR) is 63.1 cm³/mol. The Labute approximate surface area is 97.5 Å². The first-order valence-corrected chi connectivity index (χ1v) is 5.75. The topological polar surface area (TPSA) is 37.8 Å². The van der Waals surface area contributed by atoms with Crippen LogP contribution in [0.4, 0.5) is 9.52 Å². The lowest BCUT2D eigenvalue weighted by molar-refractivity contribution is 0.626. The minimum absolute atomic E-state index is 0.0907. The molecule has 2 rings (SSSR count). The maximum atomic E-state index is 12.7. The number of benzene rings is 1. The van der Waals surface area contributed by atoms with Crippen LogP contribution in [-0.4, -0.2) is 9.36 Å². The molecule has 0 saturated carbocycles. The molecular weight excluding hydrogens is 225 g/mol. The fourth-order valence-corrected chi connectivity index (χ4v) is 2.04. The largest absolute Gasteiger partial charge is 0.354 e. The number of hydrogen-bond acceptors (Lipinski definition) is 4.